The third kappa shape index (κ3) is 3.15. The predicted octanol–water partition coefficient (Wildman–Crippen LogP) is 1.57. The van der Waals surface area contributed by atoms with Crippen LogP contribution in [0.15, 0.2) is 32.3 Å². The summed E-state index contributed by atoms with van der Waals surface area (Å²) in [4.78, 5) is 0. The van der Waals surface area contributed by atoms with E-state index in [-0.39, 0.29) is 0 Å². The fourth-order valence-corrected chi connectivity index (χ4v) is 3.40. The van der Waals surface area contributed by atoms with Gasteiger partial charge in [0.1, 0.15) is 9.97 Å². The first kappa shape index (κ1) is 12.3. The first-order valence-corrected chi connectivity index (χ1v) is 7.39. The minimum atomic E-state index is -3.37. The summed E-state index contributed by atoms with van der Waals surface area (Å²) in [5, 5.41) is 5.46. The Morgan fingerprint density at radius 2 is 2.35 bits per heavy atom. The number of aromatic nitrogens is 1. The van der Waals surface area contributed by atoms with Crippen molar-refractivity contribution in [1.82, 2.24) is 9.88 Å². The normalized spacial score (nSPS) is 11.8. The summed E-state index contributed by atoms with van der Waals surface area (Å²) in [6.45, 7) is 2.12. The molecule has 2 rings (SSSR count). The second-order valence-electron chi connectivity index (χ2n) is 3.51. The summed E-state index contributed by atoms with van der Waals surface area (Å²) in [5.74, 6) is 0.677. The number of nitrogens with zero attached hydrogens (tertiary/aromatic N) is 1. The van der Waals surface area contributed by atoms with Crippen LogP contribution in [0.5, 0.6) is 0 Å². The van der Waals surface area contributed by atoms with Gasteiger partial charge >= 0.3 is 0 Å². The summed E-state index contributed by atoms with van der Waals surface area (Å²) < 4.78 is 31.3. The van der Waals surface area contributed by atoms with Crippen molar-refractivity contribution < 1.29 is 12.9 Å². The Kier molecular flexibility index (Phi) is 3.60. The molecule has 2 aromatic rings. The summed E-state index contributed by atoms with van der Waals surface area (Å²) in [6.07, 6.45) is 0.492. The van der Waals surface area contributed by atoms with Crippen LogP contribution in [0.2, 0.25) is 0 Å². The van der Waals surface area contributed by atoms with Gasteiger partial charge in [0.2, 0.25) is 10.0 Å². The zero-order valence-electron chi connectivity index (χ0n) is 9.21. The van der Waals surface area contributed by atoms with Crippen LogP contribution >= 0.6 is 11.3 Å². The molecule has 0 bridgehead atoms. The van der Waals surface area contributed by atoms with Crippen molar-refractivity contribution in [1.29, 1.82) is 0 Å². The number of hydrogen-bond acceptors (Lipinski definition) is 5. The Morgan fingerprint density at radius 1 is 1.53 bits per heavy atom. The minimum Gasteiger partial charge on any atom is -0.361 e. The second-order valence-corrected chi connectivity index (χ2v) is 6.46. The lowest BCUT2D eigenvalue weighted by atomic mass is 10.3. The van der Waals surface area contributed by atoms with E-state index in [0.29, 0.717) is 22.9 Å². The standard InChI is InChI=1S/C10H12N2O3S2/c1-8-7-9(15-12-8)4-5-11-17(13,14)10-3-2-6-16-10/h2-3,6-7,11H,4-5H2,1H3. The van der Waals surface area contributed by atoms with Crippen molar-refractivity contribution in [2.75, 3.05) is 6.54 Å². The maximum atomic E-state index is 11.7. The molecular formula is C10H12N2O3S2. The smallest absolute Gasteiger partial charge is 0.250 e. The van der Waals surface area contributed by atoms with Crippen LogP contribution in [0, 0.1) is 6.92 Å². The molecule has 0 saturated carbocycles. The lowest BCUT2D eigenvalue weighted by molar-refractivity contribution is 0.379. The highest BCUT2D eigenvalue weighted by Gasteiger charge is 2.14. The molecule has 2 aromatic heterocycles. The van der Waals surface area contributed by atoms with Crippen LogP contribution in [-0.2, 0) is 16.4 Å². The summed E-state index contributed by atoms with van der Waals surface area (Å²) in [6, 6.07) is 5.07. The molecule has 0 unspecified atom stereocenters. The maximum Gasteiger partial charge on any atom is 0.250 e. The Balaban J connectivity index is 1.91. The highest BCUT2D eigenvalue weighted by molar-refractivity contribution is 7.91. The Hall–Kier alpha value is -1.18. The monoisotopic (exact) mass is 272 g/mol. The van der Waals surface area contributed by atoms with E-state index in [0.717, 1.165) is 5.69 Å². The quantitative estimate of drug-likeness (QED) is 0.896. The van der Waals surface area contributed by atoms with E-state index in [1.807, 2.05) is 6.92 Å². The van der Waals surface area contributed by atoms with Crippen LogP contribution in [0.3, 0.4) is 0 Å². The first-order chi connectivity index (χ1) is 8.08. The van der Waals surface area contributed by atoms with Crippen molar-refractivity contribution in [3.63, 3.8) is 0 Å². The molecule has 0 aliphatic heterocycles. The number of sulfonamides is 1. The SMILES string of the molecule is Cc1cc(CCNS(=O)(=O)c2cccs2)on1. The van der Waals surface area contributed by atoms with Gasteiger partial charge in [-0.3, -0.25) is 0 Å². The fraction of sp³-hybridized carbons (Fsp3) is 0.300. The molecule has 0 aliphatic carbocycles. The van der Waals surface area contributed by atoms with Crippen LogP contribution in [0.1, 0.15) is 11.5 Å². The molecule has 0 amide bonds. The van der Waals surface area contributed by atoms with Crippen LogP contribution < -0.4 is 4.72 Å². The molecule has 0 spiro atoms. The summed E-state index contributed by atoms with van der Waals surface area (Å²) in [7, 11) is -3.37. The van der Waals surface area contributed by atoms with Gasteiger partial charge in [0.05, 0.1) is 5.69 Å². The molecule has 92 valence electrons. The molecule has 0 aliphatic rings. The zero-order valence-corrected chi connectivity index (χ0v) is 10.8. The summed E-state index contributed by atoms with van der Waals surface area (Å²) in [5.41, 5.74) is 0.793. The Labute approximate surface area is 103 Å². The van der Waals surface area contributed by atoms with E-state index in [4.69, 9.17) is 4.52 Å². The molecule has 0 atom stereocenters. The number of rotatable bonds is 5. The van der Waals surface area contributed by atoms with Gasteiger partial charge in [-0.2, -0.15) is 0 Å². The number of aryl methyl sites for hydroxylation is 1. The Bertz CT molecular complexity index is 572. The molecule has 7 heteroatoms. The van der Waals surface area contributed by atoms with Crippen molar-refractivity contribution in [3.05, 3.63) is 35.0 Å². The van der Waals surface area contributed by atoms with Crippen LogP contribution in [-0.4, -0.2) is 20.1 Å². The average Bonchev–Trinajstić information content (AvgIpc) is 2.89. The zero-order chi connectivity index (χ0) is 12.3. The minimum absolute atomic E-state index is 0.300. The third-order valence-electron chi connectivity index (χ3n) is 2.10. The van der Waals surface area contributed by atoms with E-state index < -0.39 is 10.0 Å². The number of thiophene rings is 1. The molecule has 0 aromatic carbocycles. The van der Waals surface area contributed by atoms with Gasteiger partial charge in [0.25, 0.3) is 0 Å². The summed E-state index contributed by atoms with van der Waals surface area (Å²) >= 11 is 1.19. The fourth-order valence-electron chi connectivity index (χ4n) is 1.33. The van der Waals surface area contributed by atoms with Gasteiger partial charge in [0, 0.05) is 19.0 Å². The molecule has 0 radical (unpaired) electrons. The molecule has 17 heavy (non-hydrogen) atoms. The molecule has 2 heterocycles. The third-order valence-corrected chi connectivity index (χ3v) is 4.96. The van der Waals surface area contributed by atoms with E-state index >= 15 is 0 Å². The average molecular weight is 272 g/mol. The van der Waals surface area contributed by atoms with E-state index in [9.17, 15) is 8.42 Å². The topological polar surface area (TPSA) is 72.2 Å². The molecule has 5 nitrogen and oxygen atoms in total. The van der Waals surface area contributed by atoms with Crippen molar-refractivity contribution in [3.8, 4) is 0 Å². The maximum absolute atomic E-state index is 11.7. The van der Waals surface area contributed by atoms with E-state index in [2.05, 4.69) is 9.88 Å². The van der Waals surface area contributed by atoms with Crippen LogP contribution in [0.25, 0.3) is 0 Å². The van der Waals surface area contributed by atoms with E-state index in [1.54, 1.807) is 23.6 Å². The van der Waals surface area contributed by atoms with E-state index in [1.165, 1.54) is 11.3 Å². The van der Waals surface area contributed by atoms with Gasteiger partial charge in [-0.25, -0.2) is 13.1 Å². The first-order valence-electron chi connectivity index (χ1n) is 5.03. The predicted molar refractivity (Wildman–Crippen MR) is 64.5 cm³/mol. The van der Waals surface area contributed by atoms with Gasteiger partial charge in [-0.15, -0.1) is 11.3 Å². The van der Waals surface area contributed by atoms with Gasteiger partial charge < -0.3 is 4.52 Å². The van der Waals surface area contributed by atoms with Crippen molar-refractivity contribution >= 4 is 21.4 Å². The van der Waals surface area contributed by atoms with Gasteiger partial charge in [0.15, 0.2) is 0 Å². The lowest BCUT2D eigenvalue weighted by Crippen LogP contribution is -2.25. The molecule has 0 saturated heterocycles. The Morgan fingerprint density at radius 3 is 2.94 bits per heavy atom. The number of nitrogens with one attached hydrogen (secondary N) is 1. The van der Waals surface area contributed by atoms with Gasteiger partial charge in [-0.1, -0.05) is 11.2 Å². The van der Waals surface area contributed by atoms with Crippen molar-refractivity contribution in [2.24, 2.45) is 0 Å². The molecule has 1 N–H and O–H groups in total. The van der Waals surface area contributed by atoms with Crippen LogP contribution in [0.4, 0.5) is 0 Å². The highest BCUT2D eigenvalue weighted by atomic mass is 32.2. The lowest BCUT2D eigenvalue weighted by Gasteiger charge is -2.02. The molecular weight excluding hydrogens is 260 g/mol. The van der Waals surface area contributed by atoms with Gasteiger partial charge in [-0.05, 0) is 18.4 Å². The molecule has 0 fully saturated rings. The highest BCUT2D eigenvalue weighted by Crippen LogP contribution is 2.15. The second kappa shape index (κ2) is 4.99. The van der Waals surface area contributed by atoms with Crippen molar-refractivity contribution in [2.45, 2.75) is 17.6 Å². The number of hydrogen-bond donors (Lipinski definition) is 1. The largest absolute Gasteiger partial charge is 0.361 e.